The first-order valence-corrected chi connectivity index (χ1v) is 11.1. The first-order valence-electron chi connectivity index (χ1n) is 11.1. The van der Waals surface area contributed by atoms with Gasteiger partial charge in [-0.3, -0.25) is 9.78 Å². The standard InChI is InChI=1S/C24H25F6N5O2/c1-22(2,3)16-6-4-15(5-7-16)10-20(36)33-21(19-12-32-34-35(19)13-23(25,26)27)18-9-8-17(11-31-18)37-14-24(28,29)30/h4-9,11-12,21H,10,13-14H2,1-3H3,(H,33,36)/t21-/m0/s1. The molecular formula is C24H25F6N5O2. The lowest BCUT2D eigenvalue weighted by molar-refractivity contribution is -0.153. The minimum absolute atomic E-state index is 0.0570. The van der Waals surface area contributed by atoms with E-state index in [9.17, 15) is 31.1 Å². The Hall–Kier alpha value is -3.64. The van der Waals surface area contributed by atoms with Crippen molar-refractivity contribution in [2.45, 2.75) is 57.5 Å². The third kappa shape index (κ3) is 8.46. The van der Waals surface area contributed by atoms with E-state index in [-0.39, 0.29) is 29.0 Å². The van der Waals surface area contributed by atoms with E-state index in [2.05, 4.69) is 25.3 Å². The Bertz CT molecular complexity index is 1180. The van der Waals surface area contributed by atoms with Crippen LogP contribution < -0.4 is 10.1 Å². The molecule has 0 aliphatic rings. The first kappa shape index (κ1) is 27.9. The summed E-state index contributed by atoms with van der Waals surface area (Å²) in [7, 11) is 0. The second-order valence-electron chi connectivity index (χ2n) is 9.38. The number of pyridine rings is 1. The number of ether oxygens (including phenoxy) is 1. The van der Waals surface area contributed by atoms with Gasteiger partial charge in [-0.15, -0.1) is 5.10 Å². The van der Waals surface area contributed by atoms with Crippen LogP contribution >= 0.6 is 0 Å². The van der Waals surface area contributed by atoms with Gasteiger partial charge < -0.3 is 10.1 Å². The number of alkyl halides is 6. The molecule has 1 aromatic carbocycles. The normalized spacial score (nSPS) is 13.3. The maximum absolute atomic E-state index is 13.1. The van der Waals surface area contributed by atoms with Crippen molar-refractivity contribution in [1.82, 2.24) is 25.3 Å². The van der Waals surface area contributed by atoms with E-state index in [1.165, 1.54) is 12.1 Å². The highest BCUT2D eigenvalue weighted by atomic mass is 19.4. The van der Waals surface area contributed by atoms with Crippen LogP contribution in [0.1, 0.15) is 49.3 Å². The molecule has 1 N–H and O–H groups in total. The topological polar surface area (TPSA) is 81.9 Å². The fourth-order valence-corrected chi connectivity index (χ4v) is 3.41. The maximum atomic E-state index is 13.1. The van der Waals surface area contributed by atoms with Gasteiger partial charge in [0.1, 0.15) is 18.3 Å². The van der Waals surface area contributed by atoms with Gasteiger partial charge in [0.25, 0.3) is 0 Å². The molecule has 0 saturated heterocycles. The van der Waals surface area contributed by atoms with E-state index >= 15 is 0 Å². The van der Waals surface area contributed by atoms with Crippen LogP contribution in [0.5, 0.6) is 5.75 Å². The smallest absolute Gasteiger partial charge is 0.422 e. The number of carbonyl (C=O) groups excluding carboxylic acids is 1. The van der Waals surface area contributed by atoms with E-state index in [1.807, 2.05) is 32.9 Å². The summed E-state index contributed by atoms with van der Waals surface area (Å²) in [6.45, 7) is 3.14. The molecule has 3 rings (SSSR count). The van der Waals surface area contributed by atoms with Gasteiger partial charge in [-0.2, -0.15) is 26.3 Å². The van der Waals surface area contributed by atoms with Crippen LogP contribution in [0.15, 0.2) is 48.8 Å². The molecule has 200 valence electrons. The number of hydrogen-bond donors (Lipinski definition) is 1. The highest BCUT2D eigenvalue weighted by Gasteiger charge is 2.32. The summed E-state index contributed by atoms with van der Waals surface area (Å²) < 4.78 is 81.6. The zero-order valence-corrected chi connectivity index (χ0v) is 20.2. The number of aromatic nitrogens is 4. The molecule has 0 radical (unpaired) electrons. The monoisotopic (exact) mass is 529 g/mol. The van der Waals surface area contributed by atoms with Gasteiger partial charge in [0, 0.05) is 0 Å². The lowest BCUT2D eigenvalue weighted by atomic mass is 9.86. The lowest BCUT2D eigenvalue weighted by Crippen LogP contribution is -2.33. The summed E-state index contributed by atoms with van der Waals surface area (Å²) in [4.78, 5) is 16.9. The SMILES string of the molecule is CC(C)(C)c1ccc(CC(=O)N[C@@H](c2ccc(OCC(F)(F)F)cn2)c2cnnn2CC(F)(F)F)cc1. The molecule has 13 heteroatoms. The summed E-state index contributed by atoms with van der Waals surface area (Å²) in [5, 5.41) is 9.64. The molecule has 2 heterocycles. The van der Waals surface area contributed by atoms with Crippen LogP contribution in [0.25, 0.3) is 0 Å². The molecule has 1 amide bonds. The zero-order valence-electron chi connectivity index (χ0n) is 20.2. The second kappa shape index (κ2) is 10.8. The van der Waals surface area contributed by atoms with Gasteiger partial charge in [0.15, 0.2) is 6.61 Å². The minimum atomic E-state index is -4.62. The molecule has 2 aromatic heterocycles. The number of rotatable bonds is 8. The van der Waals surface area contributed by atoms with Crippen LogP contribution in [0.4, 0.5) is 26.3 Å². The summed E-state index contributed by atoms with van der Waals surface area (Å²) in [6.07, 6.45) is -7.20. The largest absolute Gasteiger partial charge is 0.483 e. The third-order valence-electron chi connectivity index (χ3n) is 5.22. The molecule has 0 spiro atoms. The summed E-state index contributed by atoms with van der Waals surface area (Å²) in [5.41, 5.74) is 1.60. The van der Waals surface area contributed by atoms with Crippen LogP contribution in [0.2, 0.25) is 0 Å². The number of carbonyl (C=O) groups is 1. The van der Waals surface area contributed by atoms with Crippen molar-refractivity contribution in [2.75, 3.05) is 6.61 Å². The van der Waals surface area contributed by atoms with Crippen molar-refractivity contribution in [3.05, 3.63) is 71.3 Å². The van der Waals surface area contributed by atoms with Gasteiger partial charge in [0.2, 0.25) is 5.91 Å². The second-order valence-corrected chi connectivity index (χ2v) is 9.38. The fourth-order valence-electron chi connectivity index (χ4n) is 3.41. The van der Waals surface area contributed by atoms with E-state index in [4.69, 9.17) is 0 Å². The van der Waals surface area contributed by atoms with Crippen molar-refractivity contribution in [1.29, 1.82) is 0 Å². The highest BCUT2D eigenvalue weighted by Crippen LogP contribution is 2.26. The first-order chi connectivity index (χ1) is 17.1. The van der Waals surface area contributed by atoms with Crippen LogP contribution in [0.3, 0.4) is 0 Å². The Morgan fingerprint density at radius 2 is 1.65 bits per heavy atom. The van der Waals surface area contributed by atoms with E-state index < -0.39 is 37.5 Å². The number of halogens is 6. The Balaban J connectivity index is 1.84. The van der Waals surface area contributed by atoms with Crippen molar-refractivity contribution in [3.63, 3.8) is 0 Å². The predicted molar refractivity (Wildman–Crippen MR) is 121 cm³/mol. The summed E-state index contributed by atoms with van der Waals surface area (Å²) >= 11 is 0. The molecule has 0 aliphatic heterocycles. The summed E-state index contributed by atoms with van der Waals surface area (Å²) in [6, 6.07) is 8.57. The quantitative estimate of drug-likeness (QED) is 0.419. The maximum Gasteiger partial charge on any atom is 0.422 e. The van der Waals surface area contributed by atoms with Gasteiger partial charge >= 0.3 is 12.4 Å². The Labute approximate surface area is 208 Å². The average Bonchev–Trinajstić information content (AvgIpc) is 3.22. The fraction of sp³-hybridized carbons (Fsp3) is 0.417. The Kier molecular flexibility index (Phi) is 8.13. The number of nitrogens with one attached hydrogen (secondary N) is 1. The lowest BCUT2D eigenvalue weighted by Gasteiger charge is -2.21. The van der Waals surface area contributed by atoms with Crippen molar-refractivity contribution in [3.8, 4) is 5.75 Å². The minimum Gasteiger partial charge on any atom is -0.483 e. The molecule has 0 fully saturated rings. The van der Waals surface area contributed by atoms with E-state index in [0.29, 0.717) is 10.2 Å². The number of benzene rings is 1. The number of amides is 1. The van der Waals surface area contributed by atoms with Crippen molar-refractivity contribution in [2.24, 2.45) is 0 Å². The van der Waals surface area contributed by atoms with E-state index in [0.717, 1.165) is 18.0 Å². The van der Waals surface area contributed by atoms with E-state index in [1.54, 1.807) is 12.1 Å². The third-order valence-corrected chi connectivity index (χ3v) is 5.22. The Morgan fingerprint density at radius 3 is 2.19 bits per heavy atom. The van der Waals surface area contributed by atoms with Crippen LogP contribution in [0, 0.1) is 0 Å². The molecule has 1 atom stereocenters. The van der Waals surface area contributed by atoms with Crippen molar-refractivity contribution >= 4 is 5.91 Å². The molecule has 0 saturated carbocycles. The van der Waals surface area contributed by atoms with Gasteiger partial charge in [-0.25, -0.2) is 4.68 Å². The molecule has 0 aliphatic carbocycles. The molecule has 37 heavy (non-hydrogen) atoms. The molecule has 7 nitrogen and oxygen atoms in total. The Morgan fingerprint density at radius 1 is 0.973 bits per heavy atom. The molecule has 3 aromatic rings. The van der Waals surface area contributed by atoms with Crippen LogP contribution in [-0.2, 0) is 23.2 Å². The van der Waals surface area contributed by atoms with Gasteiger partial charge in [-0.1, -0.05) is 50.3 Å². The zero-order chi connectivity index (χ0) is 27.4. The van der Waals surface area contributed by atoms with Gasteiger partial charge in [-0.05, 0) is 28.7 Å². The molecule has 0 bridgehead atoms. The average molecular weight is 529 g/mol. The molecular weight excluding hydrogens is 504 g/mol. The summed E-state index contributed by atoms with van der Waals surface area (Å²) in [5.74, 6) is -0.723. The number of nitrogens with zero attached hydrogens (tertiary/aromatic N) is 4. The van der Waals surface area contributed by atoms with Crippen LogP contribution in [-0.4, -0.2) is 44.8 Å². The number of hydrogen-bond acceptors (Lipinski definition) is 5. The predicted octanol–water partition coefficient (Wildman–Crippen LogP) is 4.92. The van der Waals surface area contributed by atoms with Gasteiger partial charge in [0.05, 0.1) is 30.2 Å². The van der Waals surface area contributed by atoms with Crippen molar-refractivity contribution < 1.29 is 35.9 Å². The highest BCUT2D eigenvalue weighted by molar-refractivity contribution is 5.79. The molecule has 0 unspecified atom stereocenters.